The highest BCUT2D eigenvalue weighted by Gasteiger charge is 2.31. The van der Waals surface area contributed by atoms with Crippen molar-refractivity contribution in [2.75, 3.05) is 31.1 Å². The maximum atomic E-state index is 9.15. The average Bonchev–Trinajstić information content (AvgIpc) is 2.79. The van der Waals surface area contributed by atoms with Gasteiger partial charge in [0, 0.05) is 25.7 Å². The SMILES string of the molecule is N#Cc1c(Cl)nsc1N1CCN2CCCCC2C1. The summed E-state index contributed by atoms with van der Waals surface area (Å²) in [6, 6.07) is 2.81. The van der Waals surface area contributed by atoms with E-state index in [1.165, 1.54) is 37.3 Å². The summed E-state index contributed by atoms with van der Waals surface area (Å²) < 4.78 is 4.10. The molecule has 4 nitrogen and oxygen atoms in total. The number of hydrogen-bond donors (Lipinski definition) is 0. The van der Waals surface area contributed by atoms with Crippen molar-refractivity contribution in [2.24, 2.45) is 0 Å². The summed E-state index contributed by atoms with van der Waals surface area (Å²) in [5, 5.41) is 10.4. The molecule has 0 amide bonds. The molecule has 1 unspecified atom stereocenters. The van der Waals surface area contributed by atoms with Crippen LogP contribution in [0.1, 0.15) is 24.8 Å². The summed E-state index contributed by atoms with van der Waals surface area (Å²) in [6.45, 7) is 4.30. The molecule has 3 rings (SSSR count). The molecule has 96 valence electrons. The zero-order valence-electron chi connectivity index (χ0n) is 10.1. The molecule has 1 atom stereocenters. The third-order valence-electron chi connectivity index (χ3n) is 3.87. The molecular formula is C12H15ClN4S. The van der Waals surface area contributed by atoms with Gasteiger partial charge in [-0.15, -0.1) is 0 Å². The first-order valence-electron chi connectivity index (χ1n) is 6.34. The van der Waals surface area contributed by atoms with Crippen LogP contribution in [0, 0.1) is 11.3 Å². The smallest absolute Gasteiger partial charge is 0.162 e. The standard InChI is InChI=1S/C12H15ClN4S/c13-11-10(7-14)12(18-15-11)17-6-5-16-4-2-1-3-9(16)8-17/h9H,1-6,8H2. The number of halogens is 1. The fourth-order valence-corrected chi connectivity index (χ4v) is 3.98. The molecule has 2 aliphatic heterocycles. The van der Waals surface area contributed by atoms with Gasteiger partial charge in [-0.25, -0.2) is 0 Å². The van der Waals surface area contributed by atoms with E-state index in [-0.39, 0.29) is 0 Å². The highest BCUT2D eigenvalue weighted by Crippen LogP contribution is 2.33. The molecule has 0 aliphatic carbocycles. The Kier molecular flexibility index (Phi) is 3.42. The third kappa shape index (κ3) is 2.09. The van der Waals surface area contributed by atoms with Crippen LogP contribution in [-0.4, -0.2) is 41.5 Å². The number of piperazine rings is 1. The van der Waals surface area contributed by atoms with Gasteiger partial charge in [-0.05, 0) is 30.9 Å². The van der Waals surface area contributed by atoms with Crippen molar-refractivity contribution in [3.8, 4) is 6.07 Å². The van der Waals surface area contributed by atoms with Crippen molar-refractivity contribution < 1.29 is 0 Å². The zero-order valence-corrected chi connectivity index (χ0v) is 11.7. The molecule has 0 aromatic carbocycles. The molecule has 2 aliphatic rings. The van der Waals surface area contributed by atoms with Gasteiger partial charge in [0.1, 0.15) is 16.6 Å². The maximum absolute atomic E-state index is 9.15. The van der Waals surface area contributed by atoms with Gasteiger partial charge < -0.3 is 4.90 Å². The summed E-state index contributed by atoms with van der Waals surface area (Å²) in [7, 11) is 0. The molecule has 0 radical (unpaired) electrons. The number of hydrogen-bond acceptors (Lipinski definition) is 5. The first-order valence-corrected chi connectivity index (χ1v) is 7.49. The molecule has 1 aromatic rings. The Hall–Kier alpha value is -0.830. The van der Waals surface area contributed by atoms with Gasteiger partial charge in [0.15, 0.2) is 5.15 Å². The number of piperidine rings is 1. The van der Waals surface area contributed by atoms with Crippen molar-refractivity contribution >= 4 is 28.1 Å². The molecule has 6 heteroatoms. The van der Waals surface area contributed by atoms with Gasteiger partial charge in [0.25, 0.3) is 0 Å². The van der Waals surface area contributed by atoms with Gasteiger partial charge in [-0.2, -0.15) is 9.64 Å². The highest BCUT2D eigenvalue weighted by molar-refractivity contribution is 7.10. The monoisotopic (exact) mass is 282 g/mol. The highest BCUT2D eigenvalue weighted by atomic mass is 35.5. The van der Waals surface area contributed by atoms with E-state index in [2.05, 4.69) is 20.2 Å². The van der Waals surface area contributed by atoms with E-state index in [0.29, 0.717) is 16.8 Å². The maximum Gasteiger partial charge on any atom is 0.162 e. The lowest BCUT2D eigenvalue weighted by atomic mass is 9.99. The van der Waals surface area contributed by atoms with Crippen LogP contribution in [0.2, 0.25) is 5.15 Å². The second-order valence-electron chi connectivity index (χ2n) is 4.90. The Morgan fingerprint density at radius 2 is 2.22 bits per heavy atom. The van der Waals surface area contributed by atoms with Crippen molar-refractivity contribution in [2.45, 2.75) is 25.3 Å². The van der Waals surface area contributed by atoms with Crippen LogP contribution < -0.4 is 4.90 Å². The number of aromatic nitrogens is 1. The second kappa shape index (κ2) is 5.04. The minimum atomic E-state index is 0.351. The number of nitrogens with zero attached hydrogens (tertiary/aromatic N) is 4. The zero-order chi connectivity index (χ0) is 12.5. The minimum Gasteiger partial charge on any atom is -0.358 e. The van der Waals surface area contributed by atoms with Crippen LogP contribution in [0.3, 0.4) is 0 Å². The van der Waals surface area contributed by atoms with Gasteiger partial charge in [-0.1, -0.05) is 18.0 Å². The lowest BCUT2D eigenvalue weighted by Gasteiger charge is -2.44. The third-order valence-corrected chi connectivity index (χ3v) is 5.15. The molecule has 0 bridgehead atoms. The molecule has 1 aromatic heterocycles. The van der Waals surface area contributed by atoms with E-state index < -0.39 is 0 Å². The Balaban J connectivity index is 1.79. The fraction of sp³-hybridized carbons (Fsp3) is 0.667. The van der Waals surface area contributed by atoms with Crippen molar-refractivity contribution in [3.05, 3.63) is 10.7 Å². The Bertz CT molecular complexity index is 481. The first kappa shape index (κ1) is 12.2. The van der Waals surface area contributed by atoms with Crippen molar-refractivity contribution in [1.82, 2.24) is 9.27 Å². The van der Waals surface area contributed by atoms with Crippen LogP contribution in [0.5, 0.6) is 0 Å². The van der Waals surface area contributed by atoms with Gasteiger partial charge >= 0.3 is 0 Å². The van der Waals surface area contributed by atoms with Crippen molar-refractivity contribution in [1.29, 1.82) is 5.26 Å². The minimum absolute atomic E-state index is 0.351. The quantitative estimate of drug-likeness (QED) is 0.793. The summed E-state index contributed by atoms with van der Waals surface area (Å²) >= 11 is 7.29. The predicted molar refractivity (Wildman–Crippen MR) is 73.3 cm³/mol. The summed E-state index contributed by atoms with van der Waals surface area (Å²) in [4.78, 5) is 4.86. The summed E-state index contributed by atoms with van der Waals surface area (Å²) in [5.41, 5.74) is 0.547. The topological polar surface area (TPSA) is 43.2 Å². The summed E-state index contributed by atoms with van der Waals surface area (Å²) in [5.74, 6) is 0. The van der Waals surface area contributed by atoms with E-state index in [1.54, 1.807) is 0 Å². The molecule has 0 spiro atoms. The van der Waals surface area contributed by atoms with E-state index in [9.17, 15) is 0 Å². The van der Waals surface area contributed by atoms with Crippen LogP contribution in [0.4, 0.5) is 5.00 Å². The largest absolute Gasteiger partial charge is 0.358 e. The van der Waals surface area contributed by atoms with E-state index in [0.717, 1.165) is 24.6 Å². The van der Waals surface area contributed by atoms with Gasteiger partial charge in [0.05, 0.1) is 0 Å². The van der Waals surface area contributed by atoms with E-state index in [4.69, 9.17) is 16.9 Å². The Labute approximate surface area is 116 Å². The van der Waals surface area contributed by atoms with Crippen LogP contribution in [-0.2, 0) is 0 Å². The number of rotatable bonds is 1. The molecule has 0 saturated carbocycles. The predicted octanol–water partition coefficient (Wildman–Crippen LogP) is 2.34. The first-order chi connectivity index (χ1) is 8.79. The van der Waals surface area contributed by atoms with E-state index >= 15 is 0 Å². The molecule has 2 saturated heterocycles. The van der Waals surface area contributed by atoms with E-state index in [1.807, 2.05) is 0 Å². The number of nitriles is 1. The lowest BCUT2D eigenvalue weighted by molar-refractivity contribution is 0.133. The molecule has 0 N–H and O–H groups in total. The van der Waals surface area contributed by atoms with Gasteiger partial charge in [-0.3, -0.25) is 4.90 Å². The van der Waals surface area contributed by atoms with Gasteiger partial charge in [0.2, 0.25) is 0 Å². The molecule has 2 fully saturated rings. The fourth-order valence-electron chi connectivity index (χ4n) is 2.91. The number of anilines is 1. The Morgan fingerprint density at radius 1 is 1.33 bits per heavy atom. The van der Waals surface area contributed by atoms with Crippen LogP contribution in [0.15, 0.2) is 0 Å². The normalized spacial score (nSPS) is 24.7. The Morgan fingerprint density at radius 3 is 3.06 bits per heavy atom. The molecule has 3 heterocycles. The summed E-state index contributed by atoms with van der Waals surface area (Å²) in [6.07, 6.45) is 3.92. The number of fused-ring (bicyclic) bond motifs is 1. The molecular weight excluding hydrogens is 268 g/mol. The second-order valence-corrected chi connectivity index (χ2v) is 6.01. The molecule has 18 heavy (non-hydrogen) atoms. The van der Waals surface area contributed by atoms with Crippen LogP contribution >= 0.6 is 23.1 Å². The van der Waals surface area contributed by atoms with Crippen LogP contribution in [0.25, 0.3) is 0 Å². The lowest BCUT2D eigenvalue weighted by Crippen LogP contribution is -2.54. The average molecular weight is 283 g/mol. The van der Waals surface area contributed by atoms with Crippen molar-refractivity contribution in [3.63, 3.8) is 0 Å².